The zero-order valence-corrected chi connectivity index (χ0v) is 25.5. The number of rotatable bonds is 13. The number of carboxylic acid groups (broad SMARTS) is 1. The van der Waals surface area contributed by atoms with E-state index in [9.17, 15) is 29.1 Å². The SMILES string of the molecule is O=C(O)C[C@H](Cc1ccccc1)NC(=O)[C@H](Cc1ccncc1)NC(=O)[C@@H]1CC[C@@H]2CCC(NC(=O)Cc3ccccc3)C(=O)N21. The second kappa shape index (κ2) is 15.3. The fourth-order valence-corrected chi connectivity index (χ4v) is 6.40. The molecule has 0 bridgehead atoms. The van der Waals surface area contributed by atoms with Crippen molar-refractivity contribution in [2.75, 3.05) is 0 Å². The Balaban J connectivity index is 1.28. The fourth-order valence-electron chi connectivity index (χ4n) is 6.40. The number of nitrogens with one attached hydrogen (secondary N) is 3. The summed E-state index contributed by atoms with van der Waals surface area (Å²) in [4.78, 5) is 71.1. The Labute approximate surface area is 267 Å². The number of amides is 4. The van der Waals surface area contributed by atoms with Gasteiger partial charge in [-0.3, -0.25) is 29.0 Å². The Bertz CT molecular complexity index is 1520. The van der Waals surface area contributed by atoms with Crippen molar-refractivity contribution in [2.24, 2.45) is 0 Å². The summed E-state index contributed by atoms with van der Waals surface area (Å²) in [6.45, 7) is 0. The molecule has 4 N–H and O–H groups in total. The minimum absolute atomic E-state index is 0.121. The third kappa shape index (κ3) is 8.56. The van der Waals surface area contributed by atoms with Crippen molar-refractivity contribution in [3.05, 3.63) is 102 Å². The van der Waals surface area contributed by atoms with Crippen molar-refractivity contribution in [3.8, 4) is 0 Å². The molecule has 2 aliphatic rings. The van der Waals surface area contributed by atoms with Crippen molar-refractivity contribution in [2.45, 2.75) is 81.6 Å². The van der Waals surface area contributed by atoms with Gasteiger partial charge in [0.05, 0.1) is 12.8 Å². The third-order valence-electron chi connectivity index (χ3n) is 8.60. The molecule has 5 rings (SSSR count). The number of fused-ring (bicyclic) bond motifs is 1. The maximum atomic E-state index is 13.8. The number of benzene rings is 2. The topological polar surface area (TPSA) is 158 Å². The molecule has 1 unspecified atom stereocenters. The normalized spacial score (nSPS) is 20.2. The highest BCUT2D eigenvalue weighted by atomic mass is 16.4. The smallest absolute Gasteiger partial charge is 0.305 e. The predicted molar refractivity (Wildman–Crippen MR) is 169 cm³/mol. The second-order valence-corrected chi connectivity index (χ2v) is 12.0. The average molecular weight is 626 g/mol. The largest absolute Gasteiger partial charge is 0.481 e. The number of carbonyl (C=O) groups is 5. The summed E-state index contributed by atoms with van der Waals surface area (Å²) in [6, 6.07) is 18.7. The van der Waals surface area contributed by atoms with Crippen molar-refractivity contribution in [1.29, 1.82) is 0 Å². The summed E-state index contributed by atoms with van der Waals surface area (Å²) >= 11 is 0. The molecule has 46 heavy (non-hydrogen) atoms. The molecule has 3 aromatic rings. The van der Waals surface area contributed by atoms with E-state index in [4.69, 9.17) is 0 Å². The van der Waals surface area contributed by atoms with Crippen LogP contribution in [0.3, 0.4) is 0 Å². The fraction of sp³-hybridized carbons (Fsp3) is 0.371. The summed E-state index contributed by atoms with van der Waals surface area (Å²) < 4.78 is 0. The van der Waals surface area contributed by atoms with Crippen LogP contribution in [0.15, 0.2) is 85.2 Å². The summed E-state index contributed by atoms with van der Waals surface area (Å²) in [5, 5.41) is 18.1. The van der Waals surface area contributed by atoms with Crippen LogP contribution in [0.5, 0.6) is 0 Å². The number of carbonyl (C=O) groups excluding carboxylic acids is 4. The molecule has 2 aromatic carbocycles. The average Bonchev–Trinajstić information content (AvgIpc) is 3.48. The van der Waals surface area contributed by atoms with Crippen LogP contribution in [0.25, 0.3) is 0 Å². The maximum Gasteiger partial charge on any atom is 0.305 e. The molecule has 0 spiro atoms. The molecule has 0 aliphatic carbocycles. The molecule has 240 valence electrons. The molecule has 1 aromatic heterocycles. The molecule has 11 heteroatoms. The number of aliphatic carboxylic acids is 1. The second-order valence-electron chi connectivity index (χ2n) is 12.0. The first-order chi connectivity index (χ1) is 22.3. The number of aromatic nitrogens is 1. The van der Waals surface area contributed by atoms with E-state index in [1.807, 2.05) is 60.7 Å². The molecule has 4 amide bonds. The Morgan fingerprint density at radius 2 is 1.43 bits per heavy atom. The van der Waals surface area contributed by atoms with Gasteiger partial charge in [-0.1, -0.05) is 60.7 Å². The Hall–Kier alpha value is -5.06. The van der Waals surface area contributed by atoms with Gasteiger partial charge in [0, 0.05) is 30.9 Å². The summed E-state index contributed by atoms with van der Waals surface area (Å²) in [5.41, 5.74) is 2.47. The highest BCUT2D eigenvalue weighted by molar-refractivity contribution is 5.95. The lowest BCUT2D eigenvalue weighted by atomic mass is 9.97. The molecular formula is C35H39N5O6. The van der Waals surface area contributed by atoms with Gasteiger partial charge < -0.3 is 26.0 Å². The molecule has 2 fully saturated rings. The van der Waals surface area contributed by atoms with Gasteiger partial charge in [0.25, 0.3) is 0 Å². The molecule has 11 nitrogen and oxygen atoms in total. The van der Waals surface area contributed by atoms with Crippen LogP contribution in [0.4, 0.5) is 0 Å². The van der Waals surface area contributed by atoms with E-state index in [-0.39, 0.29) is 37.1 Å². The molecule has 0 saturated carbocycles. The Morgan fingerprint density at radius 3 is 2.11 bits per heavy atom. The van der Waals surface area contributed by atoms with Crippen LogP contribution in [-0.4, -0.2) is 74.8 Å². The molecule has 2 saturated heterocycles. The van der Waals surface area contributed by atoms with Gasteiger partial charge in [-0.15, -0.1) is 0 Å². The van der Waals surface area contributed by atoms with Crippen molar-refractivity contribution < 1.29 is 29.1 Å². The monoisotopic (exact) mass is 625 g/mol. The number of hydrogen-bond donors (Lipinski definition) is 4. The minimum Gasteiger partial charge on any atom is -0.481 e. The van der Waals surface area contributed by atoms with Gasteiger partial charge in [0.2, 0.25) is 23.6 Å². The lowest BCUT2D eigenvalue weighted by Gasteiger charge is -2.38. The molecule has 3 heterocycles. The lowest BCUT2D eigenvalue weighted by molar-refractivity contribution is -0.146. The van der Waals surface area contributed by atoms with Crippen LogP contribution in [0, 0.1) is 0 Å². The van der Waals surface area contributed by atoms with Gasteiger partial charge in [-0.25, -0.2) is 0 Å². The standard InChI is InChI=1S/C35H39N5O6/c41-31(21-24-9-5-2-6-10-24)38-28-13-11-27-12-14-30(40(27)35(28)46)34(45)39-29(20-25-15-17-36-18-16-25)33(44)37-26(22-32(42)43)19-23-7-3-1-4-8-23/h1-10,15-18,26-30H,11-14,19-22H2,(H,37,44)(H,38,41)(H,39,45)(H,42,43)/t26-,27-,28?,29-,30-/m0/s1. The lowest BCUT2D eigenvalue weighted by Crippen LogP contribution is -2.60. The first kappa shape index (κ1) is 32.3. The van der Waals surface area contributed by atoms with E-state index in [2.05, 4.69) is 20.9 Å². The van der Waals surface area contributed by atoms with Crippen molar-refractivity contribution >= 4 is 29.6 Å². The molecule has 5 atom stereocenters. The number of pyridine rings is 1. The Kier molecular flexibility index (Phi) is 10.7. The summed E-state index contributed by atoms with van der Waals surface area (Å²) in [7, 11) is 0. The first-order valence-corrected chi connectivity index (χ1v) is 15.7. The maximum absolute atomic E-state index is 13.8. The number of piperidine rings is 1. The zero-order chi connectivity index (χ0) is 32.5. The third-order valence-corrected chi connectivity index (χ3v) is 8.60. The summed E-state index contributed by atoms with van der Waals surface area (Å²) in [5.74, 6) is -2.59. The van der Waals surface area contributed by atoms with Crippen molar-refractivity contribution in [1.82, 2.24) is 25.8 Å². The first-order valence-electron chi connectivity index (χ1n) is 15.7. The van der Waals surface area contributed by atoms with Crippen molar-refractivity contribution in [3.63, 3.8) is 0 Å². The quantitative estimate of drug-likeness (QED) is 0.227. The van der Waals surface area contributed by atoms with Crippen LogP contribution in [0.2, 0.25) is 0 Å². The van der Waals surface area contributed by atoms with Crippen LogP contribution in [-0.2, 0) is 43.2 Å². The summed E-state index contributed by atoms with van der Waals surface area (Å²) in [6.07, 6.45) is 5.73. The van der Waals surface area contributed by atoms with Gasteiger partial charge >= 0.3 is 5.97 Å². The van der Waals surface area contributed by atoms with Gasteiger partial charge in [-0.2, -0.15) is 0 Å². The van der Waals surface area contributed by atoms with Gasteiger partial charge in [0.15, 0.2) is 0 Å². The molecule has 0 radical (unpaired) electrons. The predicted octanol–water partition coefficient (Wildman–Crippen LogP) is 2.19. The zero-order valence-electron chi connectivity index (χ0n) is 25.5. The minimum atomic E-state index is -1.05. The van der Waals surface area contributed by atoms with E-state index in [0.717, 1.165) is 16.7 Å². The highest BCUT2D eigenvalue weighted by Crippen LogP contribution is 2.33. The van der Waals surface area contributed by atoms with E-state index in [0.29, 0.717) is 32.1 Å². The van der Waals surface area contributed by atoms with E-state index < -0.39 is 42.0 Å². The van der Waals surface area contributed by atoms with Crippen LogP contribution >= 0.6 is 0 Å². The van der Waals surface area contributed by atoms with Gasteiger partial charge in [-0.05, 0) is 60.9 Å². The van der Waals surface area contributed by atoms with E-state index >= 15 is 0 Å². The van der Waals surface area contributed by atoms with E-state index in [1.54, 1.807) is 29.4 Å². The molecule has 2 aliphatic heterocycles. The highest BCUT2D eigenvalue weighted by Gasteiger charge is 2.46. The number of nitrogens with zero attached hydrogens (tertiary/aromatic N) is 2. The molecular weight excluding hydrogens is 586 g/mol. The number of carboxylic acids is 1. The Morgan fingerprint density at radius 1 is 0.804 bits per heavy atom. The van der Waals surface area contributed by atoms with Crippen LogP contribution in [0.1, 0.15) is 48.8 Å². The van der Waals surface area contributed by atoms with Crippen LogP contribution < -0.4 is 16.0 Å². The number of hydrogen-bond acceptors (Lipinski definition) is 6. The van der Waals surface area contributed by atoms with E-state index in [1.165, 1.54) is 0 Å². The van der Waals surface area contributed by atoms with Gasteiger partial charge in [0.1, 0.15) is 18.1 Å².